The summed E-state index contributed by atoms with van der Waals surface area (Å²) in [6, 6.07) is 6.10. The van der Waals surface area contributed by atoms with Gasteiger partial charge in [-0.05, 0) is 45.2 Å². The highest BCUT2D eigenvalue weighted by molar-refractivity contribution is 5.79. The molecular weight excluding hydrogens is 297 g/mol. The molecule has 1 unspecified atom stereocenters. The first kappa shape index (κ1) is 17.5. The van der Waals surface area contributed by atoms with Gasteiger partial charge in [-0.1, -0.05) is 6.07 Å². The van der Waals surface area contributed by atoms with E-state index in [0.717, 1.165) is 25.8 Å². The van der Waals surface area contributed by atoms with Crippen LogP contribution in [-0.4, -0.2) is 42.4 Å². The quantitative estimate of drug-likeness (QED) is 0.531. The highest BCUT2D eigenvalue weighted by Gasteiger charge is 2.34. The molecule has 0 amide bonds. The standard InChI is InChI=1S/C17H26FN3O2/c1-3-19-16(21-12-17(22)8-5-9-17)20-11-13(2)23-15-7-4-6-14(18)10-15/h4,6-7,10,13,22H,3,5,8-9,11-12H2,1-2H3,(H2,19,20,21). The van der Waals surface area contributed by atoms with Crippen LogP contribution in [0, 0.1) is 5.82 Å². The predicted molar refractivity (Wildman–Crippen MR) is 89.3 cm³/mol. The van der Waals surface area contributed by atoms with Crippen molar-refractivity contribution in [2.45, 2.75) is 44.8 Å². The lowest BCUT2D eigenvalue weighted by Crippen LogP contribution is -2.45. The zero-order chi connectivity index (χ0) is 16.7. The van der Waals surface area contributed by atoms with E-state index in [1.165, 1.54) is 12.1 Å². The van der Waals surface area contributed by atoms with E-state index >= 15 is 0 Å². The van der Waals surface area contributed by atoms with Crippen LogP contribution in [0.25, 0.3) is 0 Å². The third-order valence-corrected chi connectivity index (χ3v) is 3.85. The van der Waals surface area contributed by atoms with Crippen LogP contribution in [0.2, 0.25) is 0 Å². The second-order valence-corrected chi connectivity index (χ2v) is 6.04. The maximum atomic E-state index is 13.1. The molecule has 128 valence electrons. The fraction of sp³-hybridized carbons (Fsp3) is 0.588. The number of nitrogens with one attached hydrogen (secondary N) is 2. The molecule has 0 saturated heterocycles. The third kappa shape index (κ3) is 5.71. The molecule has 6 heteroatoms. The number of hydrogen-bond donors (Lipinski definition) is 3. The number of rotatable bonds is 7. The molecule has 0 spiro atoms. The average molecular weight is 323 g/mol. The lowest BCUT2D eigenvalue weighted by Gasteiger charge is -2.35. The SMILES string of the molecule is CCNC(=NCC1(O)CCC1)NCC(C)Oc1cccc(F)c1. The highest BCUT2D eigenvalue weighted by atomic mass is 19.1. The van der Waals surface area contributed by atoms with Gasteiger partial charge in [-0.15, -0.1) is 0 Å². The summed E-state index contributed by atoms with van der Waals surface area (Å²) in [5, 5.41) is 16.4. The van der Waals surface area contributed by atoms with Crippen LogP contribution in [0.5, 0.6) is 5.75 Å². The van der Waals surface area contributed by atoms with Crippen molar-refractivity contribution in [1.29, 1.82) is 0 Å². The number of nitrogens with zero attached hydrogens (tertiary/aromatic N) is 1. The molecule has 0 radical (unpaired) electrons. The van der Waals surface area contributed by atoms with Gasteiger partial charge < -0.3 is 20.5 Å². The average Bonchev–Trinajstić information content (AvgIpc) is 2.48. The first-order valence-corrected chi connectivity index (χ1v) is 8.17. The zero-order valence-electron chi connectivity index (χ0n) is 13.8. The molecule has 0 heterocycles. The molecule has 23 heavy (non-hydrogen) atoms. The second-order valence-electron chi connectivity index (χ2n) is 6.04. The Balaban J connectivity index is 1.81. The number of guanidine groups is 1. The molecule has 1 saturated carbocycles. The summed E-state index contributed by atoms with van der Waals surface area (Å²) in [7, 11) is 0. The molecule has 5 nitrogen and oxygen atoms in total. The van der Waals surface area contributed by atoms with E-state index in [2.05, 4.69) is 15.6 Å². The minimum atomic E-state index is -0.633. The van der Waals surface area contributed by atoms with Gasteiger partial charge in [-0.25, -0.2) is 4.39 Å². The Morgan fingerprint density at radius 2 is 2.22 bits per heavy atom. The smallest absolute Gasteiger partial charge is 0.191 e. The molecule has 3 N–H and O–H groups in total. The first-order valence-electron chi connectivity index (χ1n) is 8.17. The van der Waals surface area contributed by atoms with Gasteiger partial charge >= 0.3 is 0 Å². The van der Waals surface area contributed by atoms with Crippen LogP contribution in [0.4, 0.5) is 4.39 Å². The molecule has 1 aromatic carbocycles. The highest BCUT2D eigenvalue weighted by Crippen LogP contribution is 2.31. The first-order chi connectivity index (χ1) is 11.0. The molecule has 1 atom stereocenters. The Morgan fingerprint density at radius 3 is 2.83 bits per heavy atom. The summed E-state index contributed by atoms with van der Waals surface area (Å²) < 4.78 is 18.8. The van der Waals surface area contributed by atoms with E-state index in [9.17, 15) is 9.50 Å². The van der Waals surface area contributed by atoms with Crippen LogP contribution in [0.1, 0.15) is 33.1 Å². The van der Waals surface area contributed by atoms with Gasteiger partial charge in [0.05, 0.1) is 18.7 Å². The summed E-state index contributed by atoms with van der Waals surface area (Å²) in [5.74, 6) is 0.846. The van der Waals surface area contributed by atoms with Gasteiger partial charge in [-0.3, -0.25) is 4.99 Å². The van der Waals surface area contributed by atoms with Crippen molar-refractivity contribution < 1.29 is 14.2 Å². The Morgan fingerprint density at radius 1 is 1.43 bits per heavy atom. The number of halogens is 1. The molecule has 1 aliphatic rings. The van der Waals surface area contributed by atoms with Crippen LogP contribution in [0.3, 0.4) is 0 Å². The van der Waals surface area contributed by atoms with E-state index in [-0.39, 0.29) is 11.9 Å². The number of aliphatic hydroxyl groups is 1. The fourth-order valence-electron chi connectivity index (χ4n) is 2.37. The van der Waals surface area contributed by atoms with Crippen molar-refractivity contribution in [3.8, 4) is 5.75 Å². The second kappa shape index (κ2) is 8.15. The van der Waals surface area contributed by atoms with Crippen LogP contribution >= 0.6 is 0 Å². The molecule has 0 aromatic heterocycles. The van der Waals surface area contributed by atoms with E-state index in [0.29, 0.717) is 24.8 Å². The zero-order valence-corrected chi connectivity index (χ0v) is 13.8. The van der Waals surface area contributed by atoms with Gasteiger partial charge in [0.2, 0.25) is 0 Å². The normalized spacial score (nSPS) is 18.0. The molecule has 1 aliphatic carbocycles. The Bertz CT molecular complexity index is 532. The van der Waals surface area contributed by atoms with E-state index in [1.54, 1.807) is 12.1 Å². The van der Waals surface area contributed by atoms with E-state index < -0.39 is 5.60 Å². The largest absolute Gasteiger partial charge is 0.489 e. The van der Waals surface area contributed by atoms with Crippen molar-refractivity contribution in [3.63, 3.8) is 0 Å². The number of aliphatic imine (C=N–C) groups is 1. The number of hydrogen-bond acceptors (Lipinski definition) is 3. The van der Waals surface area contributed by atoms with E-state index in [4.69, 9.17) is 4.74 Å². The summed E-state index contributed by atoms with van der Waals surface area (Å²) in [4.78, 5) is 4.43. The summed E-state index contributed by atoms with van der Waals surface area (Å²) in [6.07, 6.45) is 2.55. The van der Waals surface area contributed by atoms with Crippen molar-refractivity contribution in [2.24, 2.45) is 4.99 Å². The van der Waals surface area contributed by atoms with Crippen LogP contribution < -0.4 is 15.4 Å². The minimum Gasteiger partial charge on any atom is -0.489 e. The third-order valence-electron chi connectivity index (χ3n) is 3.85. The topological polar surface area (TPSA) is 65.9 Å². The summed E-state index contributed by atoms with van der Waals surface area (Å²) in [5.41, 5.74) is -0.633. The maximum absolute atomic E-state index is 13.1. The Labute approximate surface area is 137 Å². The van der Waals surface area contributed by atoms with Gasteiger partial charge in [0.25, 0.3) is 0 Å². The lowest BCUT2D eigenvalue weighted by atomic mass is 9.80. The summed E-state index contributed by atoms with van der Waals surface area (Å²) in [6.45, 7) is 5.56. The monoisotopic (exact) mass is 323 g/mol. The number of ether oxygens (including phenoxy) is 1. The minimum absolute atomic E-state index is 0.146. The van der Waals surface area contributed by atoms with Gasteiger partial charge in [0, 0.05) is 12.6 Å². The molecule has 1 fully saturated rings. The molecule has 2 rings (SSSR count). The predicted octanol–water partition coefficient (Wildman–Crippen LogP) is 2.06. The molecular formula is C17H26FN3O2. The van der Waals surface area contributed by atoms with Crippen molar-refractivity contribution >= 4 is 5.96 Å². The van der Waals surface area contributed by atoms with Crippen molar-refractivity contribution in [1.82, 2.24) is 10.6 Å². The Kier molecular flexibility index (Phi) is 6.21. The molecule has 0 bridgehead atoms. The maximum Gasteiger partial charge on any atom is 0.191 e. The van der Waals surface area contributed by atoms with Crippen LogP contribution in [0.15, 0.2) is 29.3 Å². The van der Waals surface area contributed by atoms with Gasteiger partial charge in [0.15, 0.2) is 5.96 Å². The van der Waals surface area contributed by atoms with E-state index in [1.807, 2.05) is 13.8 Å². The molecule has 1 aromatic rings. The Hall–Kier alpha value is -1.82. The lowest BCUT2D eigenvalue weighted by molar-refractivity contribution is -0.0236. The number of benzene rings is 1. The fourth-order valence-corrected chi connectivity index (χ4v) is 2.37. The van der Waals surface area contributed by atoms with Gasteiger partial charge in [-0.2, -0.15) is 0 Å². The van der Waals surface area contributed by atoms with Gasteiger partial charge in [0.1, 0.15) is 17.7 Å². The van der Waals surface area contributed by atoms with Crippen molar-refractivity contribution in [3.05, 3.63) is 30.1 Å². The van der Waals surface area contributed by atoms with Crippen molar-refractivity contribution in [2.75, 3.05) is 19.6 Å². The van der Waals surface area contributed by atoms with Crippen LogP contribution in [-0.2, 0) is 0 Å². The summed E-state index contributed by atoms with van der Waals surface area (Å²) >= 11 is 0. The molecule has 0 aliphatic heterocycles.